The van der Waals surface area contributed by atoms with Crippen LogP contribution in [0.25, 0.3) is 0 Å². The fraction of sp³-hybridized carbons (Fsp3) is 0.889. The van der Waals surface area contributed by atoms with Gasteiger partial charge in [-0.1, -0.05) is 32.6 Å². The summed E-state index contributed by atoms with van der Waals surface area (Å²) in [4.78, 5) is 10.7. The van der Waals surface area contributed by atoms with Crippen LogP contribution in [0.2, 0.25) is 0 Å². The van der Waals surface area contributed by atoms with Gasteiger partial charge in [-0.3, -0.25) is 13.9 Å². The van der Waals surface area contributed by atoms with Crippen molar-refractivity contribution >= 4 is 16.3 Å². The molecule has 0 aromatic heterocycles. The predicted molar refractivity (Wildman–Crippen MR) is 61.6 cm³/mol. The predicted octanol–water partition coefficient (Wildman–Crippen LogP) is 1.44. The van der Waals surface area contributed by atoms with Crippen LogP contribution >= 0.6 is 0 Å². The number of amides is 1. The van der Waals surface area contributed by atoms with Crippen molar-refractivity contribution in [2.24, 2.45) is 0 Å². The molecule has 0 aromatic carbocycles. The van der Waals surface area contributed by atoms with E-state index in [0.29, 0.717) is 6.42 Å². The molecule has 0 saturated heterocycles. The molecule has 0 bridgehead atoms. The Bertz CT molecular complexity index is 255. The van der Waals surface area contributed by atoms with Crippen LogP contribution in [0.15, 0.2) is 0 Å². The minimum absolute atomic E-state index is 0.168. The van der Waals surface area contributed by atoms with Crippen LogP contribution in [0.4, 0.5) is 0 Å². The fourth-order valence-electron chi connectivity index (χ4n) is 1.01. The van der Waals surface area contributed by atoms with Gasteiger partial charge in [0.2, 0.25) is 5.91 Å². The van der Waals surface area contributed by atoms with Crippen molar-refractivity contribution in [3.05, 3.63) is 0 Å². The van der Waals surface area contributed by atoms with Crippen LogP contribution < -0.4 is 5.32 Å². The van der Waals surface area contributed by atoms with Crippen LogP contribution in [0, 0.1) is 0 Å². The van der Waals surface area contributed by atoms with E-state index in [1.807, 2.05) is 0 Å². The van der Waals surface area contributed by atoms with Crippen molar-refractivity contribution in [1.82, 2.24) is 5.32 Å². The first-order valence-electron chi connectivity index (χ1n) is 5.21. The zero-order valence-electron chi connectivity index (χ0n) is 9.77. The van der Waals surface area contributed by atoms with Crippen molar-refractivity contribution < 1.29 is 22.3 Å². The number of hydrogen-bond donors (Lipinski definition) is 3. The highest BCUT2D eigenvalue weighted by atomic mass is 32.3. The van der Waals surface area contributed by atoms with Gasteiger partial charge in [0.15, 0.2) is 0 Å². The van der Waals surface area contributed by atoms with Gasteiger partial charge in [-0.2, -0.15) is 8.42 Å². The smallest absolute Gasteiger partial charge is 0.359 e. The lowest BCUT2D eigenvalue weighted by Gasteiger charge is -1.98. The van der Waals surface area contributed by atoms with Crippen LogP contribution in [-0.4, -0.2) is 30.5 Å². The van der Waals surface area contributed by atoms with Gasteiger partial charge in [0, 0.05) is 13.5 Å². The zero-order chi connectivity index (χ0) is 13.0. The number of hydrogen-bond acceptors (Lipinski definition) is 3. The molecule has 0 radical (unpaired) electrons. The summed E-state index contributed by atoms with van der Waals surface area (Å²) in [5.41, 5.74) is 0. The highest BCUT2D eigenvalue weighted by Gasteiger charge is 1.95. The second-order valence-corrected chi connectivity index (χ2v) is 4.18. The fourth-order valence-corrected chi connectivity index (χ4v) is 1.01. The minimum atomic E-state index is -4.67. The van der Waals surface area contributed by atoms with E-state index in [2.05, 4.69) is 12.2 Å². The van der Waals surface area contributed by atoms with E-state index in [9.17, 15) is 4.79 Å². The molecule has 0 aliphatic rings. The molecular formula is C9H21NO5S. The third-order valence-electron chi connectivity index (χ3n) is 1.79. The summed E-state index contributed by atoms with van der Waals surface area (Å²) in [5, 5.41) is 2.62. The second kappa shape index (κ2) is 10.8. The SMILES string of the molecule is CCCCCCCC(=O)NC.O=S(=O)(O)O. The summed E-state index contributed by atoms with van der Waals surface area (Å²) in [6.45, 7) is 2.19. The average Bonchev–Trinajstić information content (AvgIpc) is 2.14. The summed E-state index contributed by atoms with van der Waals surface area (Å²) in [6, 6.07) is 0. The molecule has 0 spiro atoms. The Labute approximate surface area is 97.0 Å². The van der Waals surface area contributed by atoms with Gasteiger partial charge in [-0.05, 0) is 6.42 Å². The maximum Gasteiger partial charge on any atom is 0.394 e. The van der Waals surface area contributed by atoms with Gasteiger partial charge in [0.25, 0.3) is 0 Å². The number of nitrogens with one attached hydrogen (secondary N) is 1. The van der Waals surface area contributed by atoms with E-state index < -0.39 is 10.4 Å². The molecule has 3 N–H and O–H groups in total. The molecule has 0 aromatic rings. The second-order valence-electron chi connectivity index (χ2n) is 3.29. The third kappa shape index (κ3) is 29.2. The van der Waals surface area contributed by atoms with E-state index in [4.69, 9.17) is 17.5 Å². The molecular weight excluding hydrogens is 234 g/mol. The van der Waals surface area contributed by atoms with E-state index >= 15 is 0 Å². The molecule has 0 unspecified atom stereocenters. The maximum atomic E-state index is 10.7. The Hall–Kier alpha value is -0.660. The van der Waals surface area contributed by atoms with Crippen LogP contribution in [-0.2, 0) is 15.2 Å². The van der Waals surface area contributed by atoms with E-state index in [1.54, 1.807) is 7.05 Å². The first-order valence-corrected chi connectivity index (χ1v) is 6.61. The monoisotopic (exact) mass is 255 g/mol. The van der Waals surface area contributed by atoms with Crippen LogP contribution in [0.1, 0.15) is 45.4 Å². The van der Waals surface area contributed by atoms with Crippen molar-refractivity contribution in [1.29, 1.82) is 0 Å². The summed E-state index contributed by atoms with van der Waals surface area (Å²) in [7, 11) is -2.98. The Morgan fingerprint density at radius 1 is 1.12 bits per heavy atom. The zero-order valence-corrected chi connectivity index (χ0v) is 10.6. The first-order chi connectivity index (χ1) is 7.31. The van der Waals surface area contributed by atoms with Gasteiger partial charge in [-0.25, -0.2) is 0 Å². The number of carbonyl (C=O) groups excluding carboxylic acids is 1. The largest absolute Gasteiger partial charge is 0.394 e. The molecule has 1 amide bonds. The Balaban J connectivity index is 0. The number of carbonyl (C=O) groups is 1. The Morgan fingerprint density at radius 3 is 1.94 bits per heavy atom. The summed E-state index contributed by atoms with van der Waals surface area (Å²) in [6.07, 6.45) is 6.77. The Morgan fingerprint density at radius 2 is 1.56 bits per heavy atom. The molecule has 0 aliphatic carbocycles. The maximum absolute atomic E-state index is 10.7. The molecule has 0 heterocycles. The van der Waals surface area contributed by atoms with Crippen LogP contribution in [0.5, 0.6) is 0 Å². The summed E-state index contributed by atoms with van der Waals surface area (Å²) in [5.74, 6) is 0.168. The molecule has 7 heteroatoms. The van der Waals surface area contributed by atoms with Crippen molar-refractivity contribution in [3.63, 3.8) is 0 Å². The summed E-state index contributed by atoms with van der Waals surface area (Å²) < 4.78 is 31.6. The first kappa shape index (κ1) is 17.7. The Kier molecular flexibility index (Phi) is 12.0. The lowest BCUT2D eigenvalue weighted by molar-refractivity contribution is -0.120. The van der Waals surface area contributed by atoms with Gasteiger partial charge in [0.1, 0.15) is 0 Å². The molecule has 0 fully saturated rings. The number of unbranched alkanes of at least 4 members (excludes halogenated alkanes) is 4. The number of rotatable bonds is 6. The molecule has 0 saturated carbocycles. The van der Waals surface area contributed by atoms with Gasteiger partial charge in [-0.15, -0.1) is 0 Å². The third-order valence-corrected chi connectivity index (χ3v) is 1.79. The van der Waals surface area contributed by atoms with Crippen LogP contribution in [0.3, 0.4) is 0 Å². The molecule has 16 heavy (non-hydrogen) atoms. The highest BCUT2D eigenvalue weighted by molar-refractivity contribution is 7.79. The average molecular weight is 255 g/mol. The molecule has 0 atom stereocenters. The highest BCUT2D eigenvalue weighted by Crippen LogP contribution is 2.04. The standard InChI is InChI=1S/C9H19NO.H2O4S/c1-3-4-5-6-7-8-9(11)10-2;1-5(2,3)4/h3-8H2,1-2H3,(H,10,11);(H2,1,2,3,4). The van der Waals surface area contributed by atoms with Crippen molar-refractivity contribution in [2.45, 2.75) is 45.4 Å². The van der Waals surface area contributed by atoms with Gasteiger partial charge >= 0.3 is 10.4 Å². The van der Waals surface area contributed by atoms with Crippen molar-refractivity contribution in [3.8, 4) is 0 Å². The quantitative estimate of drug-likeness (QED) is 0.492. The van der Waals surface area contributed by atoms with Gasteiger partial charge < -0.3 is 5.32 Å². The van der Waals surface area contributed by atoms with E-state index in [0.717, 1.165) is 6.42 Å². The topological polar surface area (TPSA) is 104 Å². The summed E-state index contributed by atoms with van der Waals surface area (Å²) >= 11 is 0. The van der Waals surface area contributed by atoms with Gasteiger partial charge in [0.05, 0.1) is 0 Å². The lowest BCUT2D eigenvalue weighted by Crippen LogP contribution is -2.16. The minimum Gasteiger partial charge on any atom is -0.359 e. The molecule has 0 aliphatic heterocycles. The van der Waals surface area contributed by atoms with Crippen molar-refractivity contribution in [2.75, 3.05) is 7.05 Å². The molecule has 6 nitrogen and oxygen atoms in total. The lowest BCUT2D eigenvalue weighted by atomic mass is 10.1. The normalized spacial score (nSPS) is 10.2. The molecule has 98 valence electrons. The molecule has 0 rings (SSSR count). The van der Waals surface area contributed by atoms with E-state index in [-0.39, 0.29) is 5.91 Å². The van der Waals surface area contributed by atoms with E-state index in [1.165, 1.54) is 25.7 Å².